The fourth-order valence-electron chi connectivity index (χ4n) is 1.68. The molecule has 0 atom stereocenters. The van der Waals surface area contributed by atoms with E-state index in [4.69, 9.17) is 0 Å². The van der Waals surface area contributed by atoms with Crippen molar-refractivity contribution >= 4 is 5.91 Å². The van der Waals surface area contributed by atoms with Crippen LogP contribution in [0.3, 0.4) is 0 Å². The summed E-state index contributed by atoms with van der Waals surface area (Å²) in [6.07, 6.45) is 2.77. The predicted octanol–water partition coefficient (Wildman–Crippen LogP) is 1.18. The topological polar surface area (TPSA) is 35.6 Å². The van der Waals surface area contributed by atoms with Gasteiger partial charge in [-0.3, -0.25) is 4.79 Å². The van der Waals surface area contributed by atoms with Crippen molar-refractivity contribution in [3.05, 3.63) is 0 Å². The van der Waals surface area contributed by atoms with Crippen LogP contribution in [0.1, 0.15) is 33.1 Å². The van der Waals surface area contributed by atoms with E-state index in [2.05, 4.69) is 24.1 Å². The molecule has 0 aromatic carbocycles. The molecule has 17 heavy (non-hydrogen) atoms. The molecular formula is C13H29N3O. The molecule has 0 aliphatic heterocycles. The van der Waals surface area contributed by atoms with E-state index in [9.17, 15) is 4.79 Å². The SMILES string of the molecule is CCN(CC)CCCNCCCC(=O)N(C)C. The van der Waals surface area contributed by atoms with Gasteiger partial charge in [-0.1, -0.05) is 13.8 Å². The number of amides is 1. The van der Waals surface area contributed by atoms with E-state index in [0.29, 0.717) is 6.42 Å². The lowest BCUT2D eigenvalue weighted by molar-refractivity contribution is -0.128. The van der Waals surface area contributed by atoms with Crippen LogP contribution in [0.25, 0.3) is 0 Å². The highest BCUT2D eigenvalue weighted by molar-refractivity contribution is 5.75. The predicted molar refractivity (Wildman–Crippen MR) is 73.2 cm³/mol. The van der Waals surface area contributed by atoms with Gasteiger partial charge >= 0.3 is 0 Å². The monoisotopic (exact) mass is 243 g/mol. The normalized spacial score (nSPS) is 10.9. The molecule has 0 spiro atoms. The lowest BCUT2D eigenvalue weighted by Gasteiger charge is -2.17. The first-order valence-electron chi connectivity index (χ1n) is 6.75. The molecule has 102 valence electrons. The van der Waals surface area contributed by atoms with Crippen molar-refractivity contribution in [3.8, 4) is 0 Å². The van der Waals surface area contributed by atoms with Gasteiger partial charge in [0.05, 0.1) is 0 Å². The molecule has 0 unspecified atom stereocenters. The second-order valence-electron chi connectivity index (χ2n) is 4.52. The average molecular weight is 243 g/mol. The average Bonchev–Trinajstić information content (AvgIpc) is 2.32. The molecule has 4 heteroatoms. The lowest BCUT2D eigenvalue weighted by Crippen LogP contribution is -2.28. The number of rotatable bonds is 10. The van der Waals surface area contributed by atoms with Crippen molar-refractivity contribution < 1.29 is 4.79 Å². The molecule has 1 N–H and O–H groups in total. The summed E-state index contributed by atoms with van der Waals surface area (Å²) in [4.78, 5) is 15.4. The zero-order chi connectivity index (χ0) is 13.1. The fraction of sp³-hybridized carbons (Fsp3) is 0.923. The van der Waals surface area contributed by atoms with Crippen LogP contribution in [0, 0.1) is 0 Å². The zero-order valence-electron chi connectivity index (χ0n) is 12.0. The summed E-state index contributed by atoms with van der Waals surface area (Å²) in [6.45, 7) is 9.82. The van der Waals surface area contributed by atoms with Crippen LogP contribution in [0.4, 0.5) is 0 Å². The quantitative estimate of drug-likeness (QED) is 0.585. The van der Waals surface area contributed by atoms with Crippen LogP contribution < -0.4 is 5.32 Å². The molecular weight excluding hydrogens is 214 g/mol. The Morgan fingerprint density at radius 1 is 1.06 bits per heavy atom. The molecule has 0 heterocycles. The molecule has 0 bridgehead atoms. The first-order valence-corrected chi connectivity index (χ1v) is 6.75. The maximum absolute atomic E-state index is 11.3. The second-order valence-corrected chi connectivity index (χ2v) is 4.52. The van der Waals surface area contributed by atoms with Crippen molar-refractivity contribution in [2.75, 3.05) is 46.8 Å². The minimum Gasteiger partial charge on any atom is -0.349 e. The van der Waals surface area contributed by atoms with Crippen LogP contribution in [-0.4, -0.2) is 62.5 Å². The Balaban J connectivity index is 3.27. The Morgan fingerprint density at radius 2 is 1.65 bits per heavy atom. The van der Waals surface area contributed by atoms with Gasteiger partial charge in [0.1, 0.15) is 0 Å². The highest BCUT2D eigenvalue weighted by Gasteiger charge is 2.02. The van der Waals surface area contributed by atoms with Crippen molar-refractivity contribution in [2.24, 2.45) is 0 Å². The van der Waals surface area contributed by atoms with Gasteiger partial charge in [0.25, 0.3) is 0 Å². The summed E-state index contributed by atoms with van der Waals surface area (Å²) in [5, 5.41) is 3.39. The largest absolute Gasteiger partial charge is 0.349 e. The number of carbonyl (C=O) groups excluding carboxylic acids is 1. The Hall–Kier alpha value is -0.610. The summed E-state index contributed by atoms with van der Waals surface area (Å²) in [5.41, 5.74) is 0. The molecule has 0 aliphatic rings. The molecule has 0 aromatic rings. The molecule has 1 amide bonds. The summed E-state index contributed by atoms with van der Waals surface area (Å²) in [6, 6.07) is 0. The van der Waals surface area contributed by atoms with E-state index in [-0.39, 0.29) is 5.91 Å². The van der Waals surface area contributed by atoms with Crippen LogP contribution in [0.2, 0.25) is 0 Å². The second kappa shape index (κ2) is 10.5. The summed E-state index contributed by atoms with van der Waals surface area (Å²) in [5.74, 6) is 0.218. The summed E-state index contributed by atoms with van der Waals surface area (Å²) < 4.78 is 0. The molecule has 0 aliphatic carbocycles. The van der Waals surface area contributed by atoms with Crippen molar-refractivity contribution in [2.45, 2.75) is 33.1 Å². The highest BCUT2D eigenvalue weighted by atomic mass is 16.2. The third-order valence-corrected chi connectivity index (χ3v) is 2.97. The molecule has 0 saturated carbocycles. The minimum absolute atomic E-state index is 0.218. The van der Waals surface area contributed by atoms with Gasteiger partial charge in [-0.05, 0) is 45.6 Å². The zero-order valence-corrected chi connectivity index (χ0v) is 12.0. The smallest absolute Gasteiger partial charge is 0.222 e. The molecule has 4 nitrogen and oxygen atoms in total. The number of nitrogens with zero attached hydrogens (tertiary/aromatic N) is 2. The van der Waals surface area contributed by atoms with E-state index >= 15 is 0 Å². The van der Waals surface area contributed by atoms with Gasteiger partial charge in [0.15, 0.2) is 0 Å². The van der Waals surface area contributed by atoms with Crippen LogP contribution in [0.5, 0.6) is 0 Å². The van der Waals surface area contributed by atoms with Crippen LogP contribution in [0.15, 0.2) is 0 Å². The van der Waals surface area contributed by atoms with E-state index in [0.717, 1.165) is 39.1 Å². The number of nitrogens with one attached hydrogen (secondary N) is 1. The van der Waals surface area contributed by atoms with Crippen molar-refractivity contribution in [1.82, 2.24) is 15.1 Å². The molecule has 0 radical (unpaired) electrons. The first kappa shape index (κ1) is 16.4. The molecule has 0 saturated heterocycles. The van der Waals surface area contributed by atoms with E-state index in [1.54, 1.807) is 19.0 Å². The summed E-state index contributed by atoms with van der Waals surface area (Å²) in [7, 11) is 3.61. The maximum atomic E-state index is 11.3. The van der Waals surface area contributed by atoms with Gasteiger partial charge in [-0.15, -0.1) is 0 Å². The maximum Gasteiger partial charge on any atom is 0.222 e. The molecule has 0 rings (SSSR count). The van der Waals surface area contributed by atoms with E-state index in [1.807, 2.05) is 0 Å². The Kier molecular flexibility index (Phi) is 10.2. The minimum atomic E-state index is 0.218. The van der Waals surface area contributed by atoms with Gasteiger partial charge in [-0.25, -0.2) is 0 Å². The third-order valence-electron chi connectivity index (χ3n) is 2.97. The van der Waals surface area contributed by atoms with E-state index < -0.39 is 0 Å². The van der Waals surface area contributed by atoms with Gasteiger partial charge < -0.3 is 15.1 Å². The Labute approximate surface area is 106 Å². The van der Waals surface area contributed by atoms with Crippen LogP contribution in [-0.2, 0) is 4.79 Å². The first-order chi connectivity index (χ1) is 8.11. The number of hydrogen-bond acceptors (Lipinski definition) is 3. The third kappa shape index (κ3) is 9.12. The lowest BCUT2D eigenvalue weighted by atomic mass is 10.3. The van der Waals surface area contributed by atoms with Gasteiger partial charge in [0, 0.05) is 20.5 Å². The van der Waals surface area contributed by atoms with Gasteiger partial charge in [-0.2, -0.15) is 0 Å². The Morgan fingerprint density at radius 3 is 2.18 bits per heavy atom. The molecule has 0 aromatic heterocycles. The number of carbonyl (C=O) groups is 1. The van der Waals surface area contributed by atoms with Crippen molar-refractivity contribution in [3.63, 3.8) is 0 Å². The van der Waals surface area contributed by atoms with E-state index in [1.165, 1.54) is 6.42 Å². The standard InChI is InChI=1S/C13H29N3O/c1-5-16(6-2)12-8-11-14-10-7-9-13(17)15(3)4/h14H,5-12H2,1-4H3. The molecule has 0 fully saturated rings. The van der Waals surface area contributed by atoms with Crippen molar-refractivity contribution in [1.29, 1.82) is 0 Å². The fourth-order valence-corrected chi connectivity index (χ4v) is 1.68. The highest BCUT2D eigenvalue weighted by Crippen LogP contribution is 1.93. The number of hydrogen-bond donors (Lipinski definition) is 1. The van der Waals surface area contributed by atoms with Crippen LogP contribution >= 0.6 is 0 Å². The summed E-state index contributed by atoms with van der Waals surface area (Å²) >= 11 is 0. The van der Waals surface area contributed by atoms with Gasteiger partial charge in [0.2, 0.25) is 5.91 Å². The Bertz CT molecular complexity index is 191.